The molecule has 0 aliphatic carbocycles. The number of hydrogen-bond donors (Lipinski definition) is 0. The fourth-order valence-corrected chi connectivity index (χ4v) is 5.68. The monoisotopic (exact) mass is 435 g/mol. The van der Waals surface area contributed by atoms with Gasteiger partial charge < -0.3 is 14.5 Å². The summed E-state index contributed by atoms with van der Waals surface area (Å²) in [4.78, 5) is 34.6. The van der Waals surface area contributed by atoms with Crippen molar-refractivity contribution >= 4 is 39.1 Å². The fourth-order valence-electron chi connectivity index (χ4n) is 4.57. The van der Waals surface area contributed by atoms with E-state index >= 15 is 0 Å². The molecule has 2 amide bonds. The molecule has 0 saturated carbocycles. The first-order valence-electron chi connectivity index (χ1n) is 10.8. The second-order valence-corrected chi connectivity index (χ2v) is 9.10. The lowest BCUT2D eigenvalue weighted by Gasteiger charge is -2.26. The average Bonchev–Trinajstić information content (AvgIpc) is 3.51. The van der Waals surface area contributed by atoms with Gasteiger partial charge in [-0.3, -0.25) is 9.59 Å². The van der Waals surface area contributed by atoms with Crippen molar-refractivity contribution in [1.29, 1.82) is 0 Å². The maximum absolute atomic E-state index is 13.4. The van der Waals surface area contributed by atoms with E-state index in [4.69, 9.17) is 9.72 Å². The van der Waals surface area contributed by atoms with Gasteiger partial charge in [-0.25, -0.2) is 4.98 Å². The first-order valence-corrected chi connectivity index (χ1v) is 11.6. The Morgan fingerprint density at radius 3 is 2.77 bits per heavy atom. The SMILES string of the molecule is CCOc1ccc(N2CC(C(=O)N3CCCC3c3nc4ccccc4s3)CC2=O)cc1. The molecule has 3 aromatic rings. The fraction of sp³-hybridized carbons (Fsp3) is 0.375. The van der Waals surface area contributed by atoms with E-state index in [0.717, 1.165) is 46.0 Å². The molecule has 0 N–H and O–H groups in total. The summed E-state index contributed by atoms with van der Waals surface area (Å²) < 4.78 is 6.63. The predicted molar refractivity (Wildman–Crippen MR) is 121 cm³/mol. The Hall–Kier alpha value is -2.93. The number of anilines is 1. The molecule has 2 saturated heterocycles. The smallest absolute Gasteiger partial charge is 0.228 e. The molecule has 2 unspecified atom stereocenters. The summed E-state index contributed by atoms with van der Waals surface area (Å²) in [7, 11) is 0. The largest absolute Gasteiger partial charge is 0.494 e. The third-order valence-corrected chi connectivity index (χ3v) is 7.20. The lowest BCUT2D eigenvalue weighted by Crippen LogP contribution is -2.37. The normalized spacial score (nSPS) is 21.3. The number of nitrogens with zero attached hydrogens (tertiary/aromatic N) is 3. The Labute approximate surface area is 185 Å². The third-order valence-electron chi connectivity index (χ3n) is 6.07. The first-order chi connectivity index (χ1) is 15.1. The topological polar surface area (TPSA) is 62.7 Å². The van der Waals surface area contributed by atoms with Crippen LogP contribution in [-0.4, -0.2) is 41.4 Å². The molecular weight excluding hydrogens is 410 g/mol. The highest BCUT2D eigenvalue weighted by molar-refractivity contribution is 7.18. The summed E-state index contributed by atoms with van der Waals surface area (Å²) in [5.74, 6) is 0.539. The molecule has 0 bridgehead atoms. The molecule has 2 aliphatic heterocycles. The van der Waals surface area contributed by atoms with E-state index in [1.165, 1.54) is 0 Å². The Morgan fingerprint density at radius 2 is 2.00 bits per heavy atom. The van der Waals surface area contributed by atoms with Gasteiger partial charge in [-0.15, -0.1) is 11.3 Å². The number of benzene rings is 2. The van der Waals surface area contributed by atoms with Gasteiger partial charge in [0.15, 0.2) is 0 Å². The predicted octanol–water partition coefficient (Wildman–Crippen LogP) is 4.41. The van der Waals surface area contributed by atoms with Crippen LogP contribution >= 0.6 is 11.3 Å². The standard InChI is InChI=1S/C24H25N3O3S/c1-2-30-18-11-9-17(10-12-18)27-15-16(14-22(27)28)24(29)26-13-5-7-20(26)23-25-19-6-3-4-8-21(19)31-23/h3-4,6,8-12,16,20H,2,5,7,13-15H2,1H3. The number of aromatic nitrogens is 1. The van der Waals surface area contributed by atoms with Crippen molar-refractivity contribution in [2.24, 2.45) is 5.92 Å². The van der Waals surface area contributed by atoms with E-state index in [-0.39, 0.29) is 30.2 Å². The first kappa shape index (κ1) is 20.0. The summed E-state index contributed by atoms with van der Waals surface area (Å²) in [5.41, 5.74) is 1.80. The maximum Gasteiger partial charge on any atom is 0.228 e. The van der Waals surface area contributed by atoms with Crippen molar-refractivity contribution in [3.8, 4) is 5.75 Å². The van der Waals surface area contributed by atoms with Crippen LogP contribution in [0.15, 0.2) is 48.5 Å². The van der Waals surface area contributed by atoms with Gasteiger partial charge in [-0.05, 0) is 56.2 Å². The molecule has 3 heterocycles. The molecular formula is C24H25N3O3S. The molecule has 160 valence electrons. The van der Waals surface area contributed by atoms with Gasteiger partial charge in [-0.2, -0.15) is 0 Å². The Kier molecular flexibility index (Phi) is 5.36. The van der Waals surface area contributed by atoms with Crippen molar-refractivity contribution in [1.82, 2.24) is 9.88 Å². The number of carbonyl (C=O) groups excluding carboxylic acids is 2. The average molecular weight is 436 g/mol. The minimum absolute atomic E-state index is 0.00163. The van der Waals surface area contributed by atoms with Crippen molar-refractivity contribution in [3.05, 3.63) is 53.5 Å². The number of ether oxygens (including phenoxy) is 1. The molecule has 5 rings (SSSR count). The van der Waals surface area contributed by atoms with Crippen molar-refractivity contribution in [2.45, 2.75) is 32.2 Å². The van der Waals surface area contributed by atoms with Gasteiger partial charge in [0.25, 0.3) is 0 Å². The van der Waals surface area contributed by atoms with Crippen LogP contribution in [0.3, 0.4) is 0 Å². The van der Waals surface area contributed by atoms with E-state index in [1.54, 1.807) is 16.2 Å². The molecule has 6 nitrogen and oxygen atoms in total. The molecule has 0 spiro atoms. The lowest BCUT2D eigenvalue weighted by molar-refractivity contribution is -0.136. The molecule has 2 atom stereocenters. The van der Waals surface area contributed by atoms with Gasteiger partial charge >= 0.3 is 0 Å². The second kappa shape index (κ2) is 8.30. The van der Waals surface area contributed by atoms with Crippen LogP contribution in [0.1, 0.15) is 37.2 Å². The van der Waals surface area contributed by atoms with Crippen molar-refractivity contribution in [3.63, 3.8) is 0 Å². The molecule has 0 radical (unpaired) electrons. The third kappa shape index (κ3) is 3.78. The lowest BCUT2D eigenvalue weighted by atomic mass is 10.1. The Morgan fingerprint density at radius 1 is 1.19 bits per heavy atom. The molecule has 7 heteroatoms. The van der Waals surface area contributed by atoms with Gasteiger partial charge in [0.2, 0.25) is 11.8 Å². The number of amides is 2. The molecule has 31 heavy (non-hydrogen) atoms. The van der Waals surface area contributed by atoms with Gasteiger partial charge in [0.1, 0.15) is 10.8 Å². The van der Waals surface area contributed by atoms with Crippen LogP contribution in [0, 0.1) is 5.92 Å². The van der Waals surface area contributed by atoms with Crippen LogP contribution in [0.25, 0.3) is 10.2 Å². The number of likely N-dealkylation sites (tertiary alicyclic amines) is 1. The van der Waals surface area contributed by atoms with E-state index in [0.29, 0.717) is 13.2 Å². The Balaban J connectivity index is 1.32. The minimum atomic E-state index is -0.311. The summed E-state index contributed by atoms with van der Waals surface area (Å²) in [6.45, 7) is 3.69. The summed E-state index contributed by atoms with van der Waals surface area (Å²) in [6.07, 6.45) is 2.15. The highest BCUT2D eigenvalue weighted by Crippen LogP contribution is 2.38. The number of fused-ring (bicyclic) bond motifs is 1. The van der Waals surface area contributed by atoms with Gasteiger partial charge in [-0.1, -0.05) is 12.1 Å². The van der Waals surface area contributed by atoms with E-state index in [1.807, 2.05) is 54.3 Å². The molecule has 1 aromatic heterocycles. The van der Waals surface area contributed by atoms with Crippen LogP contribution in [0.4, 0.5) is 5.69 Å². The number of carbonyl (C=O) groups is 2. The second-order valence-electron chi connectivity index (χ2n) is 8.04. The zero-order valence-electron chi connectivity index (χ0n) is 17.5. The highest BCUT2D eigenvalue weighted by atomic mass is 32.1. The summed E-state index contributed by atoms with van der Waals surface area (Å²) in [5, 5.41) is 1.000. The molecule has 2 aromatic carbocycles. The van der Waals surface area contributed by atoms with Gasteiger partial charge in [0.05, 0.1) is 28.8 Å². The quantitative estimate of drug-likeness (QED) is 0.596. The van der Waals surface area contributed by atoms with E-state index in [9.17, 15) is 9.59 Å². The zero-order valence-corrected chi connectivity index (χ0v) is 18.3. The van der Waals surface area contributed by atoms with E-state index in [2.05, 4.69) is 6.07 Å². The highest BCUT2D eigenvalue weighted by Gasteiger charge is 2.41. The summed E-state index contributed by atoms with van der Waals surface area (Å²) >= 11 is 1.67. The maximum atomic E-state index is 13.4. The van der Waals surface area contributed by atoms with Crippen LogP contribution < -0.4 is 9.64 Å². The van der Waals surface area contributed by atoms with Crippen molar-refractivity contribution < 1.29 is 14.3 Å². The van der Waals surface area contributed by atoms with Crippen LogP contribution in [0.5, 0.6) is 5.75 Å². The number of para-hydroxylation sites is 1. The van der Waals surface area contributed by atoms with E-state index < -0.39 is 0 Å². The van der Waals surface area contributed by atoms with Crippen molar-refractivity contribution in [2.75, 3.05) is 24.6 Å². The Bertz CT molecular complexity index is 1080. The number of hydrogen-bond acceptors (Lipinski definition) is 5. The zero-order chi connectivity index (χ0) is 21.4. The molecule has 2 fully saturated rings. The number of rotatable bonds is 5. The molecule has 2 aliphatic rings. The van der Waals surface area contributed by atoms with Crippen LogP contribution in [-0.2, 0) is 9.59 Å². The summed E-state index contributed by atoms with van der Waals surface area (Å²) in [6, 6.07) is 15.6. The number of thiazole rings is 1. The van der Waals surface area contributed by atoms with Crippen LogP contribution in [0.2, 0.25) is 0 Å². The van der Waals surface area contributed by atoms with Gasteiger partial charge in [0, 0.05) is 25.2 Å². The minimum Gasteiger partial charge on any atom is -0.494 e.